The maximum Gasteiger partial charge on any atom is 0.186 e. The lowest BCUT2D eigenvalue weighted by atomic mass is 10.1. The minimum Gasteiger partial charge on any atom is -0.348 e. The van der Waals surface area contributed by atoms with Crippen LogP contribution in [-0.2, 0) is 0 Å². The summed E-state index contributed by atoms with van der Waals surface area (Å²) in [6.07, 6.45) is 3.43. The molecule has 0 aromatic carbocycles. The number of anilines is 1. The molecule has 0 atom stereocenters. The van der Waals surface area contributed by atoms with Gasteiger partial charge in [0.2, 0.25) is 0 Å². The quantitative estimate of drug-likeness (QED) is 0.737. The maximum absolute atomic E-state index is 10.9. The summed E-state index contributed by atoms with van der Waals surface area (Å²) in [6, 6.07) is 0.649. The number of carbonyl (C=O) groups is 1. The van der Waals surface area contributed by atoms with Crippen molar-refractivity contribution >= 4 is 22.8 Å². The molecule has 3 nitrogen and oxygen atoms in total. The lowest BCUT2D eigenvalue weighted by Gasteiger charge is -2.13. The van der Waals surface area contributed by atoms with Crippen molar-refractivity contribution in [1.82, 2.24) is 4.98 Å². The molecule has 0 aliphatic heterocycles. The zero-order valence-corrected chi connectivity index (χ0v) is 10.2. The summed E-state index contributed by atoms with van der Waals surface area (Å²) in [6.45, 7) is 4.14. The van der Waals surface area contributed by atoms with Crippen molar-refractivity contribution in [2.24, 2.45) is 0 Å². The third kappa shape index (κ3) is 2.04. The zero-order valence-electron chi connectivity index (χ0n) is 9.36. The van der Waals surface area contributed by atoms with Gasteiger partial charge in [-0.05, 0) is 18.8 Å². The van der Waals surface area contributed by atoms with Crippen molar-refractivity contribution in [2.45, 2.75) is 38.6 Å². The van der Waals surface area contributed by atoms with Crippen LogP contribution in [0.2, 0.25) is 0 Å². The molecule has 0 saturated heterocycles. The van der Waals surface area contributed by atoms with Gasteiger partial charge < -0.3 is 4.90 Å². The van der Waals surface area contributed by atoms with E-state index in [2.05, 4.69) is 30.8 Å². The van der Waals surface area contributed by atoms with E-state index in [0.717, 1.165) is 22.0 Å². The number of aldehydes is 1. The predicted molar refractivity (Wildman–Crippen MR) is 63.0 cm³/mol. The molecular formula is C11H16N2OS. The van der Waals surface area contributed by atoms with Crippen molar-refractivity contribution in [2.75, 3.05) is 11.9 Å². The first-order chi connectivity index (χ1) is 7.13. The number of hydrogen-bond donors (Lipinski definition) is 0. The Bertz CT molecular complexity index is 369. The molecule has 1 aromatic rings. The van der Waals surface area contributed by atoms with Crippen molar-refractivity contribution in [3.05, 3.63) is 10.6 Å². The fraction of sp³-hybridized carbons (Fsp3) is 0.636. The SMILES string of the molecule is CC(C)c1nc(N(C)C2CC2)sc1C=O. The van der Waals surface area contributed by atoms with Crippen LogP contribution in [0.15, 0.2) is 0 Å². The van der Waals surface area contributed by atoms with E-state index < -0.39 is 0 Å². The number of thiazole rings is 1. The molecule has 1 saturated carbocycles. The minimum absolute atomic E-state index is 0.322. The number of nitrogens with zero attached hydrogens (tertiary/aromatic N) is 2. The van der Waals surface area contributed by atoms with E-state index in [1.54, 1.807) is 0 Å². The van der Waals surface area contributed by atoms with E-state index in [-0.39, 0.29) is 0 Å². The van der Waals surface area contributed by atoms with Crippen molar-refractivity contribution in [3.63, 3.8) is 0 Å². The fourth-order valence-corrected chi connectivity index (χ4v) is 2.67. The van der Waals surface area contributed by atoms with E-state index in [4.69, 9.17) is 0 Å². The molecule has 1 aliphatic rings. The highest BCUT2D eigenvalue weighted by atomic mass is 32.1. The van der Waals surface area contributed by atoms with Crippen LogP contribution in [0, 0.1) is 0 Å². The fourth-order valence-electron chi connectivity index (χ4n) is 1.60. The van der Waals surface area contributed by atoms with Crippen LogP contribution in [0.3, 0.4) is 0 Å². The molecular weight excluding hydrogens is 208 g/mol. The van der Waals surface area contributed by atoms with Crippen LogP contribution in [0.4, 0.5) is 5.13 Å². The van der Waals surface area contributed by atoms with Gasteiger partial charge in [-0.2, -0.15) is 0 Å². The predicted octanol–water partition coefficient (Wildman–Crippen LogP) is 2.68. The summed E-state index contributed by atoms with van der Waals surface area (Å²) in [5.74, 6) is 0.322. The Kier molecular flexibility index (Phi) is 2.78. The van der Waals surface area contributed by atoms with Crippen LogP contribution >= 0.6 is 11.3 Å². The molecule has 0 spiro atoms. The Morgan fingerprint density at radius 1 is 1.53 bits per heavy atom. The number of rotatable bonds is 4. The maximum atomic E-state index is 10.9. The molecule has 1 heterocycles. The zero-order chi connectivity index (χ0) is 11.0. The Hall–Kier alpha value is -0.900. The summed E-state index contributed by atoms with van der Waals surface area (Å²) < 4.78 is 0. The number of hydrogen-bond acceptors (Lipinski definition) is 4. The highest BCUT2D eigenvalue weighted by Gasteiger charge is 2.29. The summed E-state index contributed by atoms with van der Waals surface area (Å²) in [5, 5.41) is 0.989. The van der Waals surface area contributed by atoms with Gasteiger partial charge in [-0.15, -0.1) is 0 Å². The van der Waals surface area contributed by atoms with Crippen LogP contribution in [0.1, 0.15) is 48.0 Å². The van der Waals surface area contributed by atoms with Gasteiger partial charge in [0.1, 0.15) is 0 Å². The van der Waals surface area contributed by atoms with Gasteiger partial charge in [0, 0.05) is 13.1 Å². The normalized spacial score (nSPS) is 15.7. The number of aromatic nitrogens is 1. The lowest BCUT2D eigenvalue weighted by molar-refractivity contribution is 0.112. The summed E-state index contributed by atoms with van der Waals surface area (Å²) in [7, 11) is 2.06. The van der Waals surface area contributed by atoms with Crippen LogP contribution in [0.25, 0.3) is 0 Å². The Labute approximate surface area is 94.1 Å². The highest BCUT2D eigenvalue weighted by Crippen LogP contribution is 2.35. The number of carbonyl (C=O) groups excluding carboxylic acids is 1. The summed E-state index contributed by atoms with van der Waals surface area (Å²) >= 11 is 1.51. The molecule has 1 fully saturated rings. The third-order valence-corrected chi connectivity index (χ3v) is 3.81. The molecule has 0 unspecified atom stereocenters. The largest absolute Gasteiger partial charge is 0.348 e. The smallest absolute Gasteiger partial charge is 0.186 e. The highest BCUT2D eigenvalue weighted by molar-refractivity contribution is 7.17. The molecule has 82 valence electrons. The molecule has 0 radical (unpaired) electrons. The van der Waals surface area contributed by atoms with Crippen molar-refractivity contribution in [3.8, 4) is 0 Å². The molecule has 1 aromatic heterocycles. The average molecular weight is 224 g/mol. The second kappa shape index (κ2) is 3.93. The second-order valence-electron chi connectivity index (χ2n) is 4.36. The first kappa shape index (κ1) is 10.6. The van der Waals surface area contributed by atoms with Gasteiger partial charge >= 0.3 is 0 Å². The van der Waals surface area contributed by atoms with Crippen molar-refractivity contribution < 1.29 is 4.79 Å². The Morgan fingerprint density at radius 2 is 2.20 bits per heavy atom. The van der Waals surface area contributed by atoms with Crippen LogP contribution < -0.4 is 4.90 Å². The molecule has 1 aliphatic carbocycles. The molecule has 0 amide bonds. The molecule has 0 bridgehead atoms. The standard InChI is InChI=1S/C11H16N2OS/c1-7(2)10-9(6-14)15-11(12-10)13(3)8-4-5-8/h6-8H,4-5H2,1-3H3. The molecule has 15 heavy (non-hydrogen) atoms. The first-order valence-electron chi connectivity index (χ1n) is 5.32. The van der Waals surface area contributed by atoms with E-state index >= 15 is 0 Å². The lowest BCUT2D eigenvalue weighted by Crippen LogP contribution is -2.19. The Morgan fingerprint density at radius 3 is 2.60 bits per heavy atom. The minimum atomic E-state index is 0.322. The second-order valence-corrected chi connectivity index (χ2v) is 5.37. The first-order valence-corrected chi connectivity index (χ1v) is 6.14. The van der Waals surface area contributed by atoms with E-state index in [0.29, 0.717) is 12.0 Å². The van der Waals surface area contributed by atoms with Gasteiger partial charge in [-0.25, -0.2) is 4.98 Å². The molecule has 4 heteroatoms. The van der Waals surface area contributed by atoms with Gasteiger partial charge in [0.05, 0.1) is 10.6 Å². The van der Waals surface area contributed by atoms with Crippen LogP contribution in [0.5, 0.6) is 0 Å². The third-order valence-electron chi connectivity index (χ3n) is 2.72. The van der Waals surface area contributed by atoms with Crippen LogP contribution in [-0.4, -0.2) is 24.4 Å². The topological polar surface area (TPSA) is 33.2 Å². The Balaban J connectivity index is 2.28. The average Bonchev–Trinajstić information content (AvgIpc) is 2.95. The van der Waals surface area contributed by atoms with Gasteiger partial charge in [0.25, 0.3) is 0 Å². The van der Waals surface area contributed by atoms with Gasteiger partial charge in [-0.3, -0.25) is 4.79 Å². The van der Waals surface area contributed by atoms with E-state index in [9.17, 15) is 4.79 Å². The van der Waals surface area contributed by atoms with Gasteiger partial charge in [0.15, 0.2) is 11.4 Å². The monoisotopic (exact) mass is 224 g/mol. The molecule has 2 rings (SSSR count). The van der Waals surface area contributed by atoms with Crippen molar-refractivity contribution in [1.29, 1.82) is 0 Å². The summed E-state index contributed by atoms with van der Waals surface area (Å²) in [5.41, 5.74) is 0.942. The summed E-state index contributed by atoms with van der Waals surface area (Å²) in [4.78, 5) is 18.4. The van der Waals surface area contributed by atoms with E-state index in [1.807, 2.05) is 0 Å². The van der Waals surface area contributed by atoms with E-state index in [1.165, 1.54) is 24.2 Å². The van der Waals surface area contributed by atoms with Gasteiger partial charge in [-0.1, -0.05) is 25.2 Å². The molecule has 0 N–H and O–H groups in total.